The number of carbonyl (C=O) groups excluding carboxylic acids is 2. The van der Waals surface area contributed by atoms with Crippen LogP contribution in [0.25, 0.3) is 0 Å². The molecule has 2 fully saturated rings. The van der Waals surface area contributed by atoms with Crippen LogP contribution in [-0.2, 0) is 4.74 Å². The molecule has 1 saturated carbocycles. The highest BCUT2D eigenvalue weighted by Gasteiger charge is 2.32. The molecule has 1 N–H and O–H groups in total. The molecule has 2 aliphatic rings. The van der Waals surface area contributed by atoms with Gasteiger partial charge in [0.15, 0.2) is 0 Å². The Labute approximate surface area is 156 Å². The molecule has 0 aromatic heterocycles. The predicted molar refractivity (Wildman–Crippen MR) is 102 cm³/mol. The SMILES string of the molecule is C=C/C=C(\C=C)CCCOC(=O)N1CCCN1C(=O)NC1CCCCC1. The van der Waals surface area contributed by atoms with Crippen molar-refractivity contribution in [3.8, 4) is 0 Å². The summed E-state index contributed by atoms with van der Waals surface area (Å²) in [5.41, 5.74) is 1.06. The van der Waals surface area contributed by atoms with Crippen LogP contribution in [0.15, 0.2) is 37.0 Å². The fraction of sp³-hybridized carbons (Fsp3) is 0.600. The maximum atomic E-state index is 12.5. The number of nitrogens with one attached hydrogen (secondary N) is 1. The van der Waals surface area contributed by atoms with Crippen molar-refractivity contribution in [2.24, 2.45) is 0 Å². The smallest absolute Gasteiger partial charge is 0.428 e. The summed E-state index contributed by atoms with van der Waals surface area (Å²) in [6, 6.07) is 0.0397. The average Bonchev–Trinajstić information content (AvgIpc) is 3.15. The quantitative estimate of drug-likeness (QED) is 0.547. The van der Waals surface area contributed by atoms with Gasteiger partial charge < -0.3 is 10.1 Å². The number of carbonyl (C=O) groups is 2. The summed E-state index contributed by atoms with van der Waals surface area (Å²) in [6.07, 6.45) is 12.8. The first-order valence-electron chi connectivity index (χ1n) is 9.62. The number of urea groups is 1. The van der Waals surface area contributed by atoms with Gasteiger partial charge in [-0.15, -0.1) is 0 Å². The minimum atomic E-state index is -0.450. The van der Waals surface area contributed by atoms with Gasteiger partial charge in [0.2, 0.25) is 0 Å². The number of rotatable bonds is 7. The van der Waals surface area contributed by atoms with Crippen molar-refractivity contribution < 1.29 is 14.3 Å². The number of nitrogens with zero attached hydrogens (tertiary/aromatic N) is 2. The van der Waals surface area contributed by atoms with Gasteiger partial charge >= 0.3 is 12.1 Å². The molecule has 0 spiro atoms. The number of hydrogen-bond acceptors (Lipinski definition) is 3. The summed E-state index contributed by atoms with van der Waals surface area (Å²) in [4.78, 5) is 24.8. The zero-order valence-corrected chi connectivity index (χ0v) is 15.6. The molecule has 0 aromatic carbocycles. The lowest BCUT2D eigenvalue weighted by Crippen LogP contribution is -2.52. The van der Waals surface area contributed by atoms with Crippen LogP contribution in [-0.4, -0.2) is 47.9 Å². The second-order valence-corrected chi connectivity index (χ2v) is 6.78. The van der Waals surface area contributed by atoms with E-state index in [0.717, 1.165) is 44.1 Å². The van der Waals surface area contributed by atoms with Crippen molar-refractivity contribution in [3.63, 3.8) is 0 Å². The van der Waals surface area contributed by atoms with Crippen LogP contribution in [0.1, 0.15) is 51.4 Å². The predicted octanol–water partition coefficient (Wildman–Crippen LogP) is 4.17. The van der Waals surface area contributed by atoms with Crippen LogP contribution in [0.2, 0.25) is 0 Å². The maximum absolute atomic E-state index is 12.5. The highest BCUT2D eigenvalue weighted by atomic mass is 16.6. The number of allylic oxidation sites excluding steroid dienone is 4. The number of hydrazine groups is 1. The standard InChI is InChI=1S/C20H31N3O3/c1-3-10-17(4-2)11-8-16-26-20(25)23-15-9-14-22(23)19(24)21-18-12-6-5-7-13-18/h3-4,10,18H,1-2,5-9,11-16H2,(H,21,24)/b17-10+. The zero-order chi connectivity index (χ0) is 18.8. The lowest BCUT2D eigenvalue weighted by Gasteiger charge is -2.30. The van der Waals surface area contributed by atoms with E-state index in [1.54, 1.807) is 12.2 Å². The molecular weight excluding hydrogens is 330 g/mol. The Morgan fingerprint density at radius 1 is 1.08 bits per heavy atom. The van der Waals surface area contributed by atoms with Crippen LogP contribution in [0, 0.1) is 0 Å². The van der Waals surface area contributed by atoms with Gasteiger partial charge in [0, 0.05) is 19.1 Å². The fourth-order valence-electron chi connectivity index (χ4n) is 3.42. The van der Waals surface area contributed by atoms with Crippen LogP contribution in [0.3, 0.4) is 0 Å². The van der Waals surface area contributed by atoms with Gasteiger partial charge in [-0.3, -0.25) is 0 Å². The largest absolute Gasteiger partial charge is 0.448 e. The van der Waals surface area contributed by atoms with E-state index in [1.807, 2.05) is 6.08 Å². The van der Waals surface area contributed by atoms with E-state index in [0.29, 0.717) is 26.1 Å². The summed E-state index contributed by atoms with van der Waals surface area (Å²) < 4.78 is 5.35. The van der Waals surface area contributed by atoms with Crippen molar-refractivity contribution >= 4 is 12.1 Å². The number of amides is 3. The van der Waals surface area contributed by atoms with Gasteiger partial charge in [-0.1, -0.05) is 50.6 Å². The molecule has 1 aliphatic carbocycles. The van der Waals surface area contributed by atoms with Gasteiger partial charge in [0.25, 0.3) is 0 Å². The van der Waals surface area contributed by atoms with E-state index < -0.39 is 6.09 Å². The molecule has 6 nitrogen and oxygen atoms in total. The second kappa shape index (κ2) is 10.7. The molecule has 1 aliphatic heterocycles. The van der Waals surface area contributed by atoms with E-state index in [1.165, 1.54) is 16.4 Å². The summed E-state index contributed by atoms with van der Waals surface area (Å²) in [5, 5.41) is 5.97. The topological polar surface area (TPSA) is 61.9 Å². The number of hydrogen-bond donors (Lipinski definition) is 1. The Bertz CT molecular complexity index is 538. The van der Waals surface area contributed by atoms with Crippen molar-refractivity contribution in [3.05, 3.63) is 37.0 Å². The molecule has 3 amide bonds. The minimum Gasteiger partial charge on any atom is -0.448 e. The third-order valence-electron chi connectivity index (χ3n) is 4.84. The van der Waals surface area contributed by atoms with E-state index in [4.69, 9.17) is 4.74 Å². The molecule has 144 valence electrons. The van der Waals surface area contributed by atoms with Crippen LogP contribution < -0.4 is 5.32 Å². The Hall–Kier alpha value is -2.24. The first-order chi connectivity index (χ1) is 12.7. The molecule has 1 saturated heterocycles. The Morgan fingerprint density at radius 3 is 2.50 bits per heavy atom. The van der Waals surface area contributed by atoms with Crippen molar-refractivity contribution in [2.45, 2.75) is 57.4 Å². The third kappa shape index (κ3) is 5.93. The molecule has 2 rings (SSSR count). The second-order valence-electron chi connectivity index (χ2n) is 6.78. The van der Waals surface area contributed by atoms with Crippen LogP contribution >= 0.6 is 0 Å². The molecule has 26 heavy (non-hydrogen) atoms. The molecule has 0 radical (unpaired) electrons. The normalized spacial score (nSPS) is 18.5. The highest BCUT2D eigenvalue weighted by molar-refractivity contribution is 5.78. The summed E-state index contributed by atoms with van der Waals surface area (Å²) in [5.74, 6) is 0. The van der Waals surface area contributed by atoms with Gasteiger partial charge in [0.05, 0.1) is 6.61 Å². The zero-order valence-electron chi connectivity index (χ0n) is 15.6. The van der Waals surface area contributed by atoms with E-state index in [2.05, 4.69) is 18.5 Å². The van der Waals surface area contributed by atoms with Crippen LogP contribution in [0.5, 0.6) is 0 Å². The van der Waals surface area contributed by atoms with E-state index in [9.17, 15) is 9.59 Å². The van der Waals surface area contributed by atoms with Crippen LogP contribution in [0.4, 0.5) is 9.59 Å². The van der Waals surface area contributed by atoms with Crippen molar-refractivity contribution in [2.75, 3.05) is 19.7 Å². The van der Waals surface area contributed by atoms with Crippen molar-refractivity contribution in [1.29, 1.82) is 0 Å². The van der Waals surface area contributed by atoms with Gasteiger partial charge in [-0.2, -0.15) is 0 Å². The summed E-state index contributed by atoms with van der Waals surface area (Å²) in [7, 11) is 0. The summed E-state index contributed by atoms with van der Waals surface area (Å²) >= 11 is 0. The first kappa shape index (κ1) is 20.1. The van der Waals surface area contributed by atoms with Crippen molar-refractivity contribution in [1.82, 2.24) is 15.3 Å². The number of ether oxygens (including phenoxy) is 1. The Balaban J connectivity index is 1.76. The molecule has 6 heteroatoms. The fourth-order valence-corrected chi connectivity index (χ4v) is 3.42. The molecule has 0 bridgehead atoms. The van der Waals surface area contributed by atoms with Gasteiger partial charge in [0.1, 0.15) is 0 Å². The van der Waals surface area contributed by atoms with E-state index in [-0.39, 0.29) is 12.1 Å². The lowest BCUT2D eigenvalue weighted by molar-refractivity contribution is 0.0338. The minimum absolute atomic E-state index is 0.186. The monoisotopic (exact) mass is 361 g/mol. The molecule has 1 heterocycles. The molecular formula is C20H31N3O3. The van der Waals surface area contributed by atoms with Gasteiger partial charge in [-0.05, 0) is 37.7 Å². The Morgan fingerprint density at radius 2 is 1.81 bits per heavy atom. The molecule has 0 unspecified atom stereocenters. The molecule has 0 atom stereocenters. The highest BCUT2D eigenvalue weighted by Crippen LogP contribution is 2.19. The Kier molecular flexibility index (Phi) is 8.25. The first-order valence-corrected chi connectivity index (χ1v) is 9.62. The van der Waals surface area contributed by atoms with Gasteiger partial charge in [-0.25, -0.2) is 19.6 Å². The average molecular weight is 361 g/mol. The maximum Gasteiger partial charge on any atom is 0.428 e. The third-order valence-corrected chi connectivity index (χ3v) is 4.84. The van der Waals surface area contributed by atoms with E-state index >= 15 is 0 Å². The molecule has 0 aromatic rings. The lowest BCUT2D eigenvalue weighted by atomic mass is 9.96. The summed E-state index contributed by atoms with van der Waals surface area (Å²) in [6.45, 7) is 8.80.